The van der Waals surface area contributed by atoms with Crippen LogP contribution < -0.4 is 10.0 Å². The monoisotopic (exact) mass is 310 g/mol. The van der Waals surface area contributed by atoms with Crippen LogP contribution in [0.25, 0.3) is 0 Å². The van der Waals surface area contributed by atoms with Crippen molar-refractivity contribution < 1.29 is 16.8 Å². The van der Waals surface area contributed by atoms with Gasteiger partial charge in [0.25, 0.3) is 0 Å². The summed E-state index contributed by atoms with van der Waals surface area (Å²) in [6.07, 6.45) is 1.38. The second kappa shape index (κ2) is 5.67. The first-order chi connectivity index (χ1) is 8.80. The van der Waals surface area contributed by atoms with Crippen molar-refractivity contribution in [3.05, 3.63) is 0 Å². The van der Waals surface area contributed by atoms with Crippen molar-refractivity contribution in [3.63, 3.8) is 0 Å². The molecular weight excluding hydrogens is 288 g/mol. The van der Waals surface area contributed by atoms with Gasteiger partial charge in [0.05, 0.1) is 16.8 Å². The Morgan fingerprint density at radius 2 is 1.79 bits per heavy atom. The quantitative estimate of drug-likeness (QED) is 0.732. The van der Waals surface area contributed by atoms with E-state index >= 15 is 0 Å². The molecule has 0 amide bonds. The average Bonchev–Trinajstić information content (AvgIpc) is 2.31. The number of hydrogen-bond donors (Lipinski definition) is 2. The molecular formula is C11H22N2O4S2. The molecule has 2 aliphatic rings. The number of nitrogens with one attached hydrogen (secondary N) is 2. The van der Waals surface area contributed by atoms with Crippen LogP contribution in [0.5, 0.6) is 0 Å². The first-order valence-corrected chi connectivity index (χ1v) is 10.1. The summed E-state index contributed by atoms with van der Waals surface area (Å²) in [4.78, 5) is 0. The highest BCUT2D eigenvalue weighted by Gasteiger charge is 2.35. The van der Waals surface area contributed by atoms with E-state index in [4.69, 9.17) is 0 Å². The molecule has 2 N–H and O–H groups in total. The fourth-order valence-corrected chi connectivity index (χ4v) is 6.21. The Kier molecular flexibility index (Phi) is 4.54. The summed E-state index contributed by atoms with van der Waals surface area (Å²) in [5.74, 6) is 0.275. The van der Waals surface area contributed by atoms with Gasteiger partial charge in [-0.05, 0) is 31.7 Å². The molecule has 2 rings (SSSR count). The standard InChI is InChI=1S/C11H22N2O4S2/c1-9-2-5-12-8-11(9)13-19(16,17)10-3-6-18(14,15)7-4-10/h9-13H,2-8H2,1H3. The zero-order valence-electron chi connectivity index (χ0n) is 11.1. The van der Waals surface area contributed by atoms with Crippen molar-refractivity contribution in [2.24, 2.45) is 5.92 Å². The molecule has 0 radical (unpaired) electrons. The Morgan fingerprint density at radius 3 is 2.37 bits per heavy atom. The molecule has 0 aliphatic carbocycles. The highest BCUT2D eigenvalue weighted by Crippen LogP contribution is 2.20. The van der Waals surface area contributed by atoms with Crippen molar-refractivity contribution in [2.45, 2.75) is 37.5 Å². The van der Waals surface area contributed by atoms with E-state index in [9.17, 15) is 16.8 Å². The van der Waals surface area contributed by atoms with Gasteiger partial charge in [-0.25, -0.2) is 21.6 Å². The van der Waals surface area contributed by atoms with E-state index in [0.717, 1.165) is 13.0 Å². The van der Waals surface area contributed by atoms with Crippen molar-refractivity contribution in [1.29, 1.82) is 0 Å². The summed E-state index contributed by atoms with van der Waals surface area (Å²) in [6, 6.07) is -0.0858. The molecule has 0 saturated carbocycles. The normalized spacial score (nSPS) is 33.1. The number of sulfone groups is 1. The molecule has 112 valence electrons. The summed E-state index contributed by atoms with van der Waals surface area (Å²) >= 11 is 0. The third-order valence-electron chi connectivity index (χ3n) is 4.08. The molecule has 0 aromatic carbocycles. The number of sulfonamides is 1. The molecule has 2 saturated heterocycles. The molecule has 2 atom stereocenters. The Bertz CT molecular complexity index is 501. The Hall–Kier alpha value is -0.180. The van der Waals surface area contributed by atoms with Gasteiger partial charge in [-0.15, -0.1) is 0 Å². The van der Waals surface area contributed by atoms with Crippen molar-refractivity contribution in [3.8, 4) is 0 Å². The van der Waals surface area contributed by atoms with Gasteiger partial charge in [-0.2, -0.15) is 0 Å². The molecule has 2 heterocycles. The Balaban J connectivity index is 1.98. The predicted octanol–water partition coefficient (Wildman–Crippen LogP) is -0.519. The van der Waals surface area contributed by atoms with Crippen LogP contribution in [0, 0.1) is 5.92 Å². The lowest BCUT2D eigenvalue weighted by Gasteiger charge is -2.32. The van der Waals surface area contributed by atoms with Crippen LogP contribution in [-0.2, 0) is 19.9 Å². The Labute approximate surface area is 115 Å². The average molecular weight is 310 g/mol. The van der Waals surface area contributed by atoms with Gasteiger partial charge < -0.3 is 5.32 Å². The predicted molar refractivity (Wildman–Crippen MR) is 74.2 cm³/mol. The van der Waals surface area contributed by atoms with E-state index in [2.05, 4.69) is 10.0 Å². The lowest BCUT2D eigenvalue weighted by molar-refractivity contribution is 0.326. The van der Waals surface area contributed by atoms with Crippen LogP contribution in [0.2, 0.25) is 0 Å². The van der Waals surface area contributed by atoms with Crippen molar-refractivity contribution in [1.82, 2.24) is 10.0 Å². The molecule has 6 nitrogen and oxygen atoms in total. The van der Waals surface area contributed by atoms with E-state index < -0.39 is 25.1 Å². The topological polar surface area (TPSA) is 92.3 Å². The molecule has 0 spiro atoms. The molecule has 0 aromatic rings. The van der Waals surface area contributed by atoms with Crippen molar-refractivity contribution in [2.75, 3.05) is 24.6 Å². The van der Waals surface area contributed by atoms with Crippen LogP contribution in [-0.4, -0.2) is 52.7 Å². The maximum atomic E-state index is 12.3. The highest BCUT2D eigenvalue weighted by atomic mass is 32.2. The molecule has 0 aromatic heterocycles. The summed E-state index contributed by atoms with van der Waals surface area (Å²) < 4.78 is 50.0. The van der Waals surface area contributed by atoms with Gasteiger partial charge in [0, 0.05) is 12.6 Å². The van der Waals surface area contributed by atoms with E-state index in [1.165, 1.54) is 0 Å². The van der Waals surface area contributed by atoms with Crippen molar-refractivity contribution >= 4 is 19.9 Å². The summed E-state index contributed by atoms with van der Waals surface area (Å²) in [5, 5.41) is 2.62. The highest BCUT2D eigenvalue weighted by molar-refractivity contribution is 7.92. The second-order valence-corrected chi connectivity index (χ2v) is 9.89. The number of rotatable bonds is 3. The fourth-order valence-electron chi connectivity index (χ4n) is 2.63. The smallest absolute Gasteiger partial charge is 0.214 e. The molecule has 19 heavy (non-hydrogen) atoms. The fraction of sp³-hybridized carbons (Fsp3) is 1.00. The zero-order valence-corrected chi connectivity index (χ0v) is 12.8. The van der Waals surface area contributed by atoms with Crippen LogP contribution in [0.3, 0.4) is 0 Å². The molecule has 2 aliphatic heterocycles. The third-order valence-corrected chi connectivity index (χ3v) is 7.78. The molecule has 2 fully saturated rings. The van der Waals surface area contributed by atoms with E-state index in [-0.39, 0.29) is 30.4 Å². The van der Waals surface area contributed by atoms with Crippen LogP contribution in [0.1, 0.15) is 26.2 Å². The molecule has 8 heteroatoms. The Morgan fingerprint density at radius 1 is 1.16 bits per heavy atom. The van der Waals surface area contributed by atoms with Gasteiger partial charge in [-0.3, -0.25) is 0 Å². The second-order valence-electron chi connectivity index (χ2n) is 5.59. The maximum Gasteiger partial charge on any atom is 0.214 e. The lowest BCUT2D eigenvalue weighted by atomic mass is 9.96. The van der Waals surface area contributed by atoms with Gasteiger partial charge in [0.15, 0.2) is 0 Å². The zero-order chi connectivity index (χ0) is 14.1. The summed E-state index contributed by atoms with van der Waals surface area (Å²) in [6.45, 7) is 3.60. The minimum Gasteiger partial charge on any atom is -0.315 e. The van der Waals surface area contributed by atoms with Gasteiger partial charge >= 0.3 is 0 Å². The maximum absolute atomic E-state index is 12.3. The van der Waals surface area contributed by atoms with Gasteiger partial charge in [-0.1, -0.05) is 6.92 Å². The summed E-state index contributed by atoms with van der Waals surface area (Å²) in [5.41, 5.74) is 0. The van der Waals surface area contributed by atoms with E-state index in [0.29, 0.717) is 12.5 Å². The molecule has 2 unspecified atom stereocenters. The largest absolute Gasteiger partial charge is 0.315 e. The summed E-state index contributed by atoms with van der Waals surface area (Å²) in [7, 11) is -6.44. The first kappa shape index (κ1) is 15.2. The van der Waals surface area contributed by atoms with Crippen LogP contribution >= 0.6 is 0 Å². The molecule has 0 bridgehead atoms. The third kappa shape index (κ3) is 3.90. The minimum atomic E-state index is -3.42. The van der Waals surface area contributed by atoms with Crippen LogP contribution in [0.15, 0.2) is 0 Å². The number of hydrogen-bond acceptors (Lipinski definition) is 5. The lowest BCUT2D eigenvalue weighted by Crippen LogP contribution is -2.53. The van der Waals surface area contributed by atoms with Gasteiger partial charge in [0.2, 0.25) is 10.0 Å². The van der Waals surface area contributed by atoms with E-state index in [1.54, 1.807) is 0 Å². The SMILES string of the molecule is CC1CCNCC1NS(=O)(=O)C1CCS(=O)(=O)CC1. The number of piperidine rings is 1. The van der Waals surface area contributed by atoms with E-state index in [1.807, 2.05) is 6.92 Å². The van der Waals surface area contributed by atoms with Gasteiger partial charge in [0.1, 0.15) is 9.84 Å². The first-order valence-electron chi connectivity index (χ1n) is 6.72. The van der Waals surface area contributed by atoms with Crippen LogP contribution in [0.4, 0.5) is 0 Å². The minimum absolute atomic E-state index is 0.0168.